The number of carbonyl (C=O) groups excluding carboxylic acids is 1. The van der Waals surface area contributed by atoms with E-state index in [9.17, 15) is 4.79 Å². The molecule has 0 aromatic heterocycles. The number of morpholine rings is 1. The molecule has 1 aliphatic heterocycles. The molecule has 1 heterocycles. The van der Waals surface area contributed by atoms with Crippen LogP contribution in [0.3, 0.4) is 0 Å². The summed E-state index contributed by atoms with van der Waals surface area (Å²) in [6, 6.07) is -0.0377. The van der Waals surface area contributed by atoms with Crippen molar-refractivity contribution in [3.63, 3.8) is 0 Å². The molecule has 2 rings (SSSR count). The van der Waals surface area contributed by atoms with Gasteiger partial charge in [-0.15, -0.1) is 0 Å². The van der Waals surface area contributed by atoms with Crippen molar-refractivity contribution in [2.24, 2.45) is 0 Å². The van der Waals surface area contributed by atoms with E-state index in [1.165, 1.54) is 31.3 Å². The SMILES string of the molecule is CC(C(=O)NCCC1=CCCCC1)N1CCOCC1. The zero-order valence-corrected chi connectivity index (χ0v) is 12.0. The maximum Gasteiger partial charge on any atom is 0.237 e. The Hall–Kier alpha value is -0.870. The molecular formula is C15H26N2O2. The number of nitrogens with one attached hydrogen (secondary N) is 1. The van der Waals surface area contributed by atoms with Gasteiger partial charge in [-0.2, -0.15) is 0 Å². The van der Waals surface area contributed by atoms with Crippen molar-refractivity contribution >= 4 is 5.91 Å². The molecular weight excluding hydrogens is 240 g/mol. The lowest BCUT2D eigenvalue weighted by Crippen LogP contribution is -2.49. The second-order valence-corrected chi connectivity index (χ2v) is 5.47. The molecule has 2 aliphatic rings. The number of ether oxygens (including phenoxy) is 1. The zero-order valence-electron chi connectivity index (χ0n) is 12.0. The first kappa shape index (κ1) is 14.5. The number of hydrogen-bond acceptors (Lipinski definition) is 3. The Morgan fingerprint density at radius 1 is 1.42 bits per heavy atom. The van der Waals surface area contributed by atoms with Crippen molar-refractivity contribution in [1.29, 1.82) is 0 Å². The summed E-state index contributed by atoms with van der Waals surface area (Å²) in [5.74, 6) is 0.151. The Bertz CT molecular complexity index is 322. The van der Waals surface area contributed by atoms with Crippen molar-refractivity contribution in [3.8, 4) is 0 Å². The lowest BCUT2D eigenvalue weighted by Gasteiger charge is -2.31. The van der Waals surface area contributed by atoms with Crippen LogP contribution in [-0.2, 0) is 9.53 Å². The van der Waals surface area contributed by atoms with E-state index in [2.05, 4.69) is 16.3 Å². The van der Waals surface area contributed by atoms with Crippen molar-refractivity contribution in [2.75, 3.05) is 32.8 Å². The summed E-state index contributed by atoms with van der Waals surface area (Å²) in [7, 11) is 0. The molecule has 0 aromatic carbocycles. The fourth-order valence-electron chi connectivity index (χ4n) is 2.76. The van der Waals surface area contributed by atoms with Gasteiger partial charge in [0.05, 0.1) is 19.3 Å². The molecule has 1 unspecified atom stereocenters. The molecule has 19 heavy (non-hydrogen) atoms. The second kappa shape index (κ2) is 7.65. The molecule has 1 fully saturated rings. The summed E-state index contributed by atoms with van der Waals surface area (Å²) in [5, 5.41) is 3.06. The highest BCUT2D eigenvalue weighted by atomic mass is 16.5. The van der Waals surface area contributed by atoms with Crippen LogP contribution in [0.2, 0.25) is 0 Å². The van der Waals surface area contributed by atoms with Crippen LogP contribution < -0.4 is 5.32 Å². The highest BCUT2D eigenvalue weighted by Gasteiger charge is 2.22. The summed E-state index contributed by atoms with van der Waals surface area (Å²) in [4.78, 5) is 14.3. The summed E-state index contributed by atoms with van der Waals surface area (Å²) in [6.07, 6.45) is 8.43. The van der Waals surface area contributed by atoms with Crippen LogP contribution in [0.1, 0.15) is 39.0 Å². The van der Waals surface area contributed by atoms with Crippen LogP contribution in [-0.4, -0.2) is 49.7 Å². The third-order valence-electron chi connectivity index (χ3n) is 4.10. The molecule has 1 saturated heterocycles. The topological polar surface area (TPSA) is 41.6 Å². The average Bonchev–Trinajstić information content (AvgIpc) is 2.48. The van der Waals surface area contributed by atoms with Crippen molar-refractivity contribution in [3.05, 3.63) is 11.6 Å². The summed E-state index contributed by atoms with van der Waals surface area (Å²) < 4.78 is 5.31. The maximum atomic E-state index is 12.1. The lowest BCUT2D eigenvalue weighted by atomic mass is 9.97. The van der Waals surface area contributed by atoms with E-state index >= 15 is 0 Å². The van der Waals surface area contributed by atoms with Gasteiger partial charge in [0.1, 0.15) is 0 Å². The summed E-state index contributed by atoms with van der Waals surface area (Å²) in [5.41, 5.74) is 1.52. The average molecular weight is 266 g/mol. The maximum absolute atomic E-state index is 12.1. The third-order valence-corrected chi connectivity index (χ3v) is 4.10. The molecule has 4 heteroatoms. The predicted molar refractivity (Wildman–Crippen MR) is 76.0 cm³/mol. The minimum absolute atomic E-state index is 0.0377. The number of rotatable bonds is 5. The number of allylic oxidation sites excluding steroid dienone is 1. The van der Waals surface area contributed by atoms with Crippen LogP contribution in [0.15, 0.2) is 11.6 Å². The quantitative estimate of drug-likeness (QED) is 0.770. The smallest absolute Gasteiger partial charge is 0.237 e. The van der Waals surface area contributed by atoms with Crippen LogP contribution in [0, 0.1) is 0 Å². The zero-order chi connectivity index (χ0) is 13.5. The second-order valence-electron chi connectivity index (χ2n) is 5.47. The van der Waals surface area contributed by atoms with Gasteiger partial charge in [-0.05, 0) is 39.0 Å². The van der Waals surface area contributed by atoms with E-state index in [0.717, 1.165) is 39.3 Å². The van der Waals surface area contributed by atoms with E-state index in [1.54, 1.807) is 0 Å². The van der Waals surface area contributed by atoms with Crippen LogP contribution >= 0.6 is 0 Å². The van der Waals surface area contributed by atoms with Gasteiger partial charge in [-0.25, -0.2) is 0 Å². The molecule has 1 atom stereocenters. The summed E-state index contributed by atoms with van der Waals surface area (Å²) in [6.45, 7) is 5.97. The predicted octanol–water partition coefficient (Wildman–Crippen LogP) is 1.71. The number of hydrogen-bond donors (Lipinski definition) is 1. The molecule has 1 amide bonds. The van der Waals surface area contributed by atoms with E-state index in [4.69, 9.17) is 4.74 Å². The molecule has 0 radical (unpaired) electrons. The first-order valence-electron chi connectivity index (χ1n) is 7.55. The molecule has 108 valence electrons. The minimum atomic E-state index is -0.0377. The fourth-order valence-corrected chi connectivity index (χ4v) is 2.76. The number of carbonyl (C=O) groups is 1. The molecule has 0 aromatic rings. The Kier molecular flexibility index (Phi) is 5.86. The van der Waals surface area contributed by atoms with Gasteiger partial charge in [0, 0.05) is 19.6 Å². The van der Waals surface area contributed by atoms with Gasteiger partial charge in [0.2, 0.25) is 5.91 Å². The van der Waals surface area contributed by atoms with E-state index in [0.29, 0.717) is 0 Å². The van der Waals surface area contributed by atoms with Crippen molar-refractivity contribution < 1.29 is 9.53 Å². The monoisotopic (exact) mass is 266 g/mol. The molecule has 0 spiro atoms. The van der Waals surface area contributed by atoms with E-state index in [-0.39, 0.29) is 11.9 Å². The standard InChI is InChI=1S/C15H26N2O2/c1-13(17-9-11-19-12-10-17)15(18)16-8-7-14-5-3-2-4-6-14/h5,13H,2-4,6-12H2,1H3,(H,16,18). The normalized spacial score (nSPS) is 22.7. The minimum Gasteiger partial charge on any atom is -0.379 e. The first-order chi connectivity index (χ1) is 9.27. The molecule has 0 bridgehead atoms. The Morgan fingerprint density at radius 3 is 2.89 bits per heavy atom. The van der Waals surface area contributed by atoms with Gasteiger partial charge in [0.25, 0.3) is 0 Å². The van der Waals surface area contributed by atoms with Crippen LogP contribution in [0.4, 0.5) is 0 Å². The Labute approximate surface area is 116 Å². The molecule has 1 N–H and O–H groups in total. The van der Waals surface area contributed by atoms with Crippen LogP contribution in [0.5, 0.6) is 0 Å². The highest BCUT2D eigenvalue weighted by Crippen LogP contribution is 2.19. The van der Waals surface area contributed by atoms with Gasteiger partial charge >= 0.3 is 0 Å². The molecule has 1 aliphatic carbocycles. The molecule has 4 nitrogen and oxygen atoms in total. The van der Waals surface area contributed by atoms with E-state index in [1.807, 2.05) is 6.92 Å². The number of amides is 1. The summed E-state index contributed by atoms with van der Waals surface area (Å²) >= 11 is 0. The lowest BCUT2D eigenvalue weighted by molar-refractivity contribution is -0.127. The van der Waals surface area contributed by atoms with Gasteiger partial charge in [0.15, 0.2) is 0 Å². The van der Waals surface area contributed by atoms with Crippen LogP contribution in [0.25, 0.3) is 0 Å². The van der Waals surface area contributed by atoms with Crippen molar-refractivity contribution in [1.82, 2.24) is 10.2 Å². The van der Waals surface area contributed by atoms with Gasteiger partial charge in [-0.1, -0.05) is 11.6 Å². The van der Waals surface area contributed by atoms with E-state index < -0.39 is 0 Å². The fraction of sp³-hybridized carbons (Fsp3) is 0.800. The third kappa shape index (κ3) is 4.62. The van der Waals surface area contributed by atoms with Gasteiger partial charge in [-0.3, -0.25) is 9.69 Å². The molecule has 0 saturated carbocycles. The largest absolute Gasteiger partial charge is 0.379 e. The Balaban J connectivity index is 1.66. The first-order valence-corrected chi connectivity index (χ1v) is 7.55. The van der Waals surface area contributed by atoms with Crippen molar-refractivity contribution in [2.45, 2.75) is 45.1 Å². The highest BCUT2D eigenvalue weighted by molar-refractivity contribution is 5.81. The van der Waals surface area contributed by atoms with Gasteiger partial charge < -0.3 is 10.1 Å². The Morgan fingerprint density at radius 2 is 2.21 bits per heavy atom. The number of nitrogens with zero attached hydrogens (tertiary/aromatic N) is 1.